The molecule has 1 atom stereocenters. The van der Waals surface area contributed by atoms with Gasteiger partial charge in [-0.3, -0.25) is 4.79 Å². The van der Waals surface area contributed by atoms with Gasteiger partial charge < -0.3 is 19.1 Å². The van der Waals surface area contributed by atoms with Crippen LogP contribution in [0.2, 0.25) is 0 Å². The van der Waals surface area contributed by atoms with E-state index in [2.05, 4.69) is 18.8 Å². The molecule has 0 saturated carbocycles. The topological polar surface area (TPSA) is 55.8 Å². The summed E-state index contributed by atoms with van der Waals surface area (Å²) >= 11 is 0. The van der Waals surface area contributed by atoms with Gasteiger partial charge in [-0.2, -0.15) is 0 Å². The summed E-state index contributed by atoms with van der Waals surface area (Å²) in [4.78, 5) is 11.0. The zero-order valence-electron chi connectivity index (χ0n) is 20.6. The smallest absolute Gasteiger partial charge is 0.305 e. The predicted octanol–water partition coefficient (Wildman–Crippen LogP) is 5.48. The van der Waals surface area contributed by atoms with Gasteiger partial charge in [0.1, 0.15) is 12.6 Å². The standard InChI is InChI=1S/C24H48NO3.CH4O/c1-25(2)20-17-18-23(22-25)28-21-16-14-12-10-8-6-4-5-7-9-11-13-15-19-24(26)27-3;1-2/h23H,4-22H2,1-3H3;2H,1H3/q+1;. The maximum Gasteiger partial charge on any atom is 0.305 e. The lowest BCUT2D eigenvalue weighted by Gasteiger charge is -2.37. The molecular weight excluding hydrogens is 378 g/mol. The molecule has 1 N–H and O–H groups in total. The Kier molecular flexibility index (Phi) is 19.8. The minimum absolute atomic E-state index is 0.0693. The van der Waals surface area contributed by atoms with Gasteiger partial charge in [0.25, 0.3) is 0 Å². The van der Waals surface area contributed by atoms with E-state index in [4.69, 9.17) is 9.84 Å². The SMILES string of the molecule is CO.COC(=O)CCCCCCCCCCCCCCCOC1CCC[N+](C)(C)C1. The van der Waals surface area contributed by atoms with Crippen LogP contribution in [0.15, 0.2) is 0 Å². The van der Waals surface area contributed by atoms with Crippen molar-refractivity contribution in [1.82, 2.24) is 0 Å². The van der Waals surface area contributed by atoms with Gasteiger partial charge in [-0.05, 0) is 25.7 Å². The van der Waals surface area contributed by atoms with Crippen LogP contribution < -0.4 is 0 Å². The number of methoxy groups -OCH3 is 1. The molecule has 1 heterocycles. The molecule has 0 aromatic carbocycles. The highest BCUT2D eigenvalue weighted by atomic mass is 16.5. The van der Waals surface area contributed by atoms with Crippen molar-refractivity contribution in [2.45, 2.75) is 109 Å². The van der Waals surface area contributed by atoms with E-state index in [0.717, 1.165) is 31.0 Å². The van der Waals surface area contributed by atoms with Gasteiger partial charge in [0.15, 0.2) is 0 Å². The largest absolute Gasteiger partial charge is 0.469 e. The Bertz CT molecular complexity index is 387. The molecule has 0 aromatic heterocycles. The average Bonchev–Trinajstić information content (AvgIpc) is 2.74. The minimum Gasteiger partial charge on any atom is -0.469 e. The fourth-order valence-electron chi connectivity index (χ4n) is 4.28. The molecule has 5 heteroatoms. The zero-order chi connectivity index (χ0) is 22.5. The van der Waals surface area contributed by atoms with Gasteiger partial charge in [0.2, 0.25) is 0 Å². The first-order valence-corrected chi connectivity index (χ1v) is 12.5. The Balaban J connectivity index is 0.00000407. The first-order valence-electron chi connectivity index (χ1n) is 12.5. The number of likely N-dealkylation sites (tertiary alicyclic amines) is 1. The molecule has 0 spiro atoms. The third-order valence-electron chi connectivity index (χ3n) is 6.09. The fourth-order valence-corrected chi connectivity index (χ4v) is 4.28. The van der Waals surface area contributed by atoms with Crippen LogP contribution >= 0.6 is 0 Å². The number of unbranched alkanes of at least 4 members (excludes halogenated alkanes) is 12. The molecule has 0 bridgehead atoms. The van der Waals surface area contributed by atoms with Crippen LogP contribution in [-0.2, 0) is 14.3 Å². The molecule has 0 aromatic rings. The number of carbonyl (C=O) groups excluding carboxylic acids is 1. The number of nitrogens with zero attached hydrogens (tertiary/aromatic N) is 1. The number of rotatable bonds is 17. The highest BCUT2D eigenvalue weighted by Gasteiger charge is 2.27. The molecule has 1 unspecified atom stereocenters. The number of quaternary nitrogens is 1. The highest BCUT2D eigenvalue weighted by Crippen LogP contribution is 2.18. The monoisotopic (exact) mass is 430 g/mol. The molecule has 1 aliphatic heterocycles. The Hall–Kier alpha value is -0.650. The predicted molar refractivity (Wildman–Crippen MR) is 126 cm³/mol. The lowest BCUT2D eigenvalue weighted by atomic mass is 10.0. The summed E-state index contributed by atoms with van der Waals surface area (Å²) in [7, 11) is 7.11. The molecule has 1 aliphatic rings. The number of aliphatic hydroxyl groups excluding tert-OH is 1. The van der Waals surface area contributed by atoms with Gasteiger partial charge in [-0.15, -0.1) is 0 Å². The Morgan fingerprint density at radius 1 is 0.833 bits per heavy atom. The molecular formula is C25H52NO4+. The second-order valence-electron chi connectivity index (χ2n) is 9.40. The maximum absolute atomic E-state index is 11.0. The van der Waals surface area contributed by atoms with E-state index >= 15 is 0 Å². The average molecular weight is 431 g/mol. The summed E-state index contributed by atoms with van der Waals surface area (Å²) in [5, 5.41) is 7.00. The zero-order valence-corrected chi connectivity index (χ0v) is 20.6. The first kappa shape index (κ1) is 29.4. The quantitative estimate of drug-likeness (QED) is 0.188. The van der Waals surface area contributed by atoms with Crippen molar-refractivity contribution in [1.29, 1.82) is 0 Å². The Morgan fingerprint density at radius 3 is 1.77 bits per heavy atom. The molecule has 0 amide bonds. The molecule has 0 radical (unpaired) electrons. The molecule has 30 heavy (non-hydrogen) atoms. The summed E-state index contributed by atoms with van der Waals surface area (Å²) in [6.45, 7) is 3.45. The van der Waals surface area contributed by atoms with Gasteiger partial charge in [-0.25, -0.2) is 0 Å². The van der Waals surface area contributed by atoms with Gasteiger partial charge >= 0.3 is 5.97 Å². The van der Waals surface area contributed by atoms with Crippen molar-refractivity contribution in [2.75, 3.05) is 48.0 Å². The second-order valence-corrected chi connectivity index (χ2v) is 9.40. The number of ether oxygens (including phenoxy) is 2. The van der Waals surface area contributed by atoms with Crippen molar-refractivity contribution in [3.63, 3.8) is 0 Å². The number of hydrogen-bond acceptors (Lipinski definition) is 4. The van der Waals surface area contributed by atoms with Crippen LogP contribution in [0.5, 0.6) is 0 Å². The van der Waals surface area contributed by atoms with E-state index in [-0.39, 0.29) is 5.97 Å². The lowest BCUT2D eigenvalue weighted by molar-refractivity contribution is -0.898. The number of likely N-dealkylation sites (N-methyl/N-ethyl adjacent to an activating group) is 1. The number of aliphatic hydroxyl groups is 1. The summed E-state index contributed by atoms with van der Waals surface area (Å²) < 4.78 is 11.9. The Morgan fingerprint density at radius 2 is 1.30 bits per heavy atom. The summed E-state index contributed by atoms with van der Waals surface area (Å²) in [6, 6.07) is 0. The van der Waals surface area contributed by atoms with Gasteiger partial charge in [-0.1, -0.05) is 70.6 Å². The third-order valence-corrected chi connectivity index (χ3v) is 6.09. The molecule has 0 aliphatic carbocycles. The number of hydrogen-bond donors (Lipinski definition) is 1. The number of esters is 1. The van der Waals surface area contributed by atoms with Crippen molar-refractivity contribution >= 4 is 5.97 Å². The minimum atomic E-state index is -0.0693. The maximum atomic E-state index is 11.0. The summed E-state index contributed by atoms with van der Waals surface area (Å²) in [5.74, 6) is -0.0693. The van der Waals surface area contributed by atoms with Gasteiger partial charge in [0, 0.05) is 20.1 Å². The van der Waals surface area contributed by atoms with Crippen LogP contribution in [0.3, 0.4) is 0 Å². The van der Waals surface area contributed by atoms with E-state index in [1.54, 1.807) is 0 Å². The van der Waals surface area contributed by atoms with E-state index in [9.17, 15) is 4.79 Å². The first-order chi connectivity index (χ1) is 14.5. The Labute approximate surface area is 187 Å². The third kappa shape index (κ3) is 18.1. The molecule has 5 nitrogen and oxygen atoms in total. The van der Waals surface area contributed by atoms with Gasteiger partial charge in [0.05, 0.1) is 27.7 Å². The summed E-state index contributed by atoms with van der Waals surface area (Å²) in [5.41, 5.74) is 0. The second kappa shape index (κ2) is 20.3. The van der Waals surface area contributed by atoms with Crippen molar-refractivity contribution in [3.8, 4) is 0 Å². The summed E-state index contributed by atoms with van der Waals surface area (Å²) in [6.07, 6.45) is 20.6. The van der Waals surface area contributed by atoms with Crippen LogP contribution in [-0.4, -0.2) is 69.7 Å². The lowest BCUT2D eigenvalue weighted by Crippen LogP contribution is -2.50. The molecule has 180 valence electrons. The molecule has 1 rings (SSSR count). The van der Waals surface area contributed by atoms with E-state index in [1.165, 1.54) is 104 Å². The van der Waals surface area contributed by atoms with Crippen LogP contribution in [0, 0.1) is 0 Å². The molecule has 1 saturated heterocycles. The normalized spacial score (nSPS) is 17.8. The molecule has 1 fully saturated rings. The van der Waals surface area contributed by atoms with Crippen LogP contribution in [0.4, 0.5) is 0 Å². The number of piperidine rings is 1. The highest BCUT2D eigenvalue weighted by molar-refractivity contribution is 5.68. The van der Waals surface area contributed by atoms with E-state index in [1.807, 2.05) is 0 Å². The number of carbonyl (C=O) groups is 1. The fraction of sp³-hybridized carbons (Fsp3) is 0.960. The van der Waals surface area contributed by atoms with Crippen LogP contribution in [0.25, 0.3) is 0 Å². The van der Waals surface area contributed by atoms with Crippen molar-refractivity contribution < 1.29 is 23.9 Å². The van der Waals surface area contributed by atoms with Crippen molar-refractivity contribution in [2.24, 2.45) is 0 Å². The van der Waals surface area contributed by atoms with Crippen LogP contribution in [0.1, 0.15) is 103 Å². The van der Waals surface area contributed by atoms with E-state index < -0.39 is 0 Å². The van der Waals surface area contributed by atoms with E-state index in [0.29, 0.717) is 12.5 Å². The van der Waals surface area contributed by atoms with Crippen molar-refractivity contribution in [3.05, 3.63) is 0 Å².